The predicted octanol–water partition coefficient (Wildman–Crippen LogP) is 6.89. The van der Waals surface area contributed by atoms with Crippen molar-refractivity contribution in [3.63, 3.8) is 0 Å². The third kappa shape index (κ3) is 3.42. The minimum absolute atomic E-state index is 0.134. The van der Waals surface area contributed by atoms with E-state index >= 15 is 0 Å². The molecule has 2 heteroatoms. The molecule has 0 aromatic heterocycles. The summed E-state index contributed by atoms with van der Waals surface area (Å²) in [5.41, 5.74) is 3.78. The van der Waals surface area contributed by atoms with Crippen molar-refractivity contribution in [1.82, 2.24) is 0 Å². The molecular formula is C27H32BO. The van der Waals surface area contributed by atoms with Crippen molar-refractivity contribution in [1.29, 1.82) is 0 Å². The highest BCUT2D eigenvalue weighted by atomic mass is 16.5. The van der Waals surface area contributed by atoms with E-state index < -0.39 is 0 Å². The van der Waals surface area contributed by atoms with E-state index in [4.69, 9.17) is 4.65 Å². The van der Waals surface area contributed by atoms with Crippen molar-refractivity contribution in [2.45, 2.75) is 66.4 Å². The highest BCUT2D eigenvalue weighted by Gasteiger charge is 2.24. The molecule has 4 aromatic carbocycles. The summed E-state index contributed by atoms with van der Waals surface area (Å²) in [6, 6.07) is 16.1. The van der Waals surface area contributed by atoms with Gasteiger partial charge < -0.3 is 4.65 Å². The predicted molar refractivity (Wildman–Crippen MR) is 129 cm³/mol. The Hall–Kier alpha value is -2.06. The van der Waals surface area contributed by atoms with E-state index in [-0.39, 0.29) is 11.0 Å². The fraction of sp³-hybridized carbons (Fsp3) is 0.407. The summed E-state index contributed by atoms with van der Waals surface area (Å²) < 4.78 is 6.26. The Bertz CT molecular complexity index is 1180. The fourth-order valence-corrected chi connectivity index (χ4v) is 4.01. The normalized spacial score (nSPS) is 13.3. The molecule has 0 spiro atoms. The van der Waals surface area contributed by atoms with Crippen LogP contribution in [0.4, 0.5) is 0 Å². The largest absolute Gasteiger partial charge is 0.429 e. The third-order valence-electron chi connectivity index (χ3n) is 6.70. The van der Waals surface area contributed by atoms with E-state index in [1.54, 1.807) is 0 Å². The first-order chi connectivity index (χ1) is 13.5. The van der Waals surface area contributed by atoms with E-state index in [2.05, 4.69) is 97.9 Å². The molecule has 0 N–H and O–H groups in total. The monoisotopic (exact) mass is 383 g/mol. The zero-order valence-corrected chi connectivity index (χ0v) is 19.1. The van der Waals surface area contributed by atoms with Gasteiger partial charge in [0.1, 0.15) is 0 Å². The van der Waals surface area contributed by atoms with Gasteiger partial charge in [-0.1, -0.05) is 77.1 Å². The maximum Gasteiger partial charge on any atom is 0.331 e. The van der Waals surface area contributed by atoms with Gasteiger partial charge in [0.25, 0.3) is 0 Å². The molecule has 0 aliphatic rings. The summed E-state index contributed by atoms with van der Waals surface area (Å²) in [5, 5.41) is 7.98. The fourth-order valence-electron chi connectivity index (χ4n) is 4.01. The molecule has 4 aromatic rings. The molecule has 1 nitrogen and oxygen atoms in total. The Morgan fingerprint density at radius 2 is 1.38 bits per heavy atom. The van der Waals surface area contributed by atoms with Crippen LogP contribution in [0, 0.1) is 12.8 Å². The third-order valence-corrected chi connectivity index (χ3v) is 6.70. The lowest BCUT2D eigenvalue weighted by Gasteiger charge is -2.30. The Balaban J connectivity index is 1.95. The zero-order valence-electron chi connectivity index (χ0n) is 19.1. The average Bonchev–Trinajstić information content (AvgIpc) is 2.64. The number of benzene rings is 4. The van der Waals surface area contributed by atoms with Crippen molar-refractivity contribution in [2.24, 2.45) is 5.92 Å². The molecule has 29 heavy (non-hydrogen) atoms. The van der Waals surface area contributed by atoms with Gasteiger partial charge in [-0.15, -0.1) is 0 Å². The second-order valence-electron chi connectivity index (χ2n) is 10.4. The first-order valence-electron chi connectivity index (χ1n) is 10.7. The molecule has 0 amide bonds. The topological polar surface area (TPSA) is 9.23 Å². The van der Waals surface area contributed by atoms with Crippen LogP contribution in [0.5, 0.6) is 0 Å². The lowest BCUT2D eigenvalue weighted by atomic mass is 9.77. The Labute approximate surface area is 176 Å². The molecular weight excluding hydrogens is 351 g/mol. The van der Waals surface area contributed by atoms with E-state index in [1.807, 2.05) is 7.48 Å². The van der Waals surface area contributed by atoms with E-state index in [9.17, 15) is 0 Å². The lowest BCUT2D eigenvalue weighted by molar-refractivity contribution is 0.0668. The maximum atomic E-state index is 6.26. The van der Waals surface area contributed by atoms with Crippen LogP contribution in [0.2, 0.25) is 0 Å². The van der Waals surface area contributed by atoms with Crippen LogP contribution in [-0.4, -0.2) is 13.1 Å². The minimum Gasteiger partial charge on any atom is -0.429 e. The summed E-state index contributed by atoms with van der Waals surface area (Å²) in [5.74, 6) is 0.440. The Morgan fingerprint density at radius 3 is 1.93 bits per heavy atom. The van der Waals surface area contributed by atoms with Crippen molar-refractivity contribution in [3.8, 4) is 0 Å². The van der Waals surface area contributed by atoms with Crippen LogP contribution in [-0.2, 0) is 10.1 Å². The average molecular weight is 383 g/mol. The van der Waals surface area contributed by atoms with Gasteiger partial charge in [-0.05, 0) is 81.0 Å². The first kappa shape index (κ1) is 20.2. The number of hydrogen-bond donors (Lipinski definition) is 0. The number of aryl methyl sites for hydroxylation is 1. The van der Waals surface area contributed by atoms with Gasteiger partial charge in [0.2, 0.25) is 0 Å². The van der Waals surface area contributed by atoms with Crippen LogP contribution in [0.3, 0.4) is 0 Å². The molecule has 0 unspecified atom stereocenters. The molecule has 0 heterocycles. The first-order valence-corrected chi connectivity index (χ1v) is 10.7. The highest BCUT2D eigenvalue weighted by Crippen LogP contribution is 2.38. The van der Waals surface area contributed by atoms with Crippen LogP contribution >= 0.6 is 0 Å². The standard InChI is InChI=1S/C27H32BO/c1-16(2)27(7,8)29-28-23-13-17(3)21-11-9-18-14-20(26(4,5)6)15-19-10-12-22(23)25(21)24(18)19/h9-16H,1-8H3. The van der Waals surface area contributed by atoms with Crippen molar-refractivity contribution in [2.75, 3.05) is 0 Å². The van der Waals surface area contributed by atoms with Gasteiger partial charge >= 0.3 is 7.48 Å². The molecule has 4 rings (SSSR count). The van der Waals surface area contributed by atoms with E-state index in [0.717, 1.165) is 5.46 Å². The molecule has 0 atom stereocenters. The van der Waals surface area contributed by atoms with Crippen LogP contribution in [0.1, 0.15) is 59.6 Å². The maximum absolute atomic E-state index is 6.26. The summed E-state index contributed by atoms with van der Waals surface area (Å²) in [6.07, 6.45) is 0. The van der Waals surface area contributed by atoms with Crippen molar-refractivity contribution in [3.05, 3.63) is 53.6 Å². The second-order valence-corrected chi connectivity index (χ2v) is 10.4. The van der Waals surface area contributed by atoms with Gasteiger partial charge in [0, 0.05) is 5.60 Å². The van der Waals surface area contributed by atoms with Crippen LogP contribution < -0.4 is 5.46 Å². The summed E-state index contributed by atoms with van der Waals surface area (Å²) >= 11 is 0. The second kappa shape index (κ2) is 6.74. The molecule has 0 saturated carbocycles. The molecule has 0 saturated heterocycles. The molecule has 0 aliphatic carbocycles. The zero-order chi connectivity index (χ0) is 21.1. The summed E-state index contributed by atoms with van der Waals surface area (Å²) in [7, 11) is 1.97. The van der Waals surface area contributed by atoms with Gasteiger partial charge in [-0.2, -0.15) is 0 Å². The van der Waals surface area contributed by atoms with Crippen molar-refractivity contribution >= 4 is 45.3 Å². The molecule has 0 aliphatic heterocycles. The van der Waals surface area contributed by atoms with Gasteiger partial charge in [-0.25, -0.2) is 0 Å². The van der Waals surface area contributed by atoms with Gasteiger partial charge in [-0.3, -0.25) is 0 Å². The quantitative estimate of drug-likeness (QED) is 0.276. The van der Waals surface area contributed by atoms with Gasteiger partial charge in [0.05, 0.1) is 0 Å². The minimum atomic E-state index is -0.195. The van der Waals surface area contributed by atoms with E-state index in [0.29, 0.717) is 5.92 Å². The van der Waals surface area contributed by atoms with Crippen LogP contribution in [0.25, 0.3) is 32.3 Å². The van der Waals surface area contributed by atoms with Crippen LogP contribution in [0.15, 0.2) is 42.5 Å². The summed E-state index contributed by atoms with van der Waals surface area (Å²) in [6.45, 7) is 17.8. The smallest absolute Gasteiger partial charge is 0.331 e. The molecule has 0 bridgehead atoms. The lowest BCUT2D eigenvalue weighted by Crippen LogP contribution is -2.36. The molecule has 149 valence electrons. The highest BCUT2D eigenvalue weighted by molar-refractivity contribution is 6.53. The Morgan fingerprint density at radius 1 is 0.793 bits per heavy atom. The number of hydrogen-bond acceptors (Lipinski definition) is 1. The van der Waals surface area contributed by atoms with E-state index in [1.165, 1.54) is 43.4 Å². The molecule has 0 fully saturated rings. The van der Waals surface area contributed by atoms with Gasteiger partial charge in [0.15, 0.2) is 0 Å². The molecule has 1 radical (unpaired) electrons. The number of rotatable bonds is 4. The Kier molecular flexibility index (Phi) is 4.70. The SMILES string of the molecule is Cc1cc([B]OC(C)(C)C(C)C)c2ccc3cc(C(C)(C)C)cc4ccc1c2c43. The van der Waals surface area contributed by atoms with Crippen molar-refractivity contribution < 1.29 is 4.65 Å². The summed E-state index contributed by atoms with van der Waals surface area (Å²) in [4.78, 5) is 0.